The maximum atomic E-state index is 9.57. The fourth-order valence-corrected chi connectivity index (χ4v) is 3.32. The van der Waals surface area contributed by atoms with E-state index >= 15 is 0 Å². The highest BCUT2D eigenvalue weighted by Gasteiger charge is 2.29. The monoisotopic (exact) mass is 327 g/mol. The van der Waals surface area contributed by atoms with Gasteiger partial charge in [0.25, 0.3) is 0 Å². The molecule has 0 bridgehead atoms. The van der Waals surface area contributed by atoms with Crippen LogP contribution in [0, 0.1) is 0 Å². The lowest BCUT2D eigenvalue weighted by Gasteiger charge is -2.32. The minimum absolute atomic E-state index is 0.0307. The van der Waals surface area contributed by atoms with Crippen LogP contribution in [0.25, 0.3) is 0 Å². The molecular weight excluding hydrogens is 306 g/mol. The van der Waals surface area contributed by atoms with Gasteiger partial charge < -0.3 is 24.6 Å². The molecule has 2 heterocycles. The van der Waals surface area contributed by atoms with Gasteiger partial charge >= 0.3 is 0 Å². The van der Waals surface area contributed by atoms with Gasteiger partial charge in [-0.05, 0) is 35.2 Å². The maximum Gasteiger partial charge on any atom is 0.231 e. The molecule has 2 aliphatic rings. The topological polar surface area (TPSA) is 60.0 Å². The van der Waals surface area contributed by atoms with E-state index < -0.39 is 0 Å². The Labute approximate surface area is 141 Å². The molecule has 2 atom stereocenters. The number of ether oxygens (including phenoxy) is 3. The van der Waals surface area contributed by atoms with Crippen molar-refractivity contribution in [3.05, 3.63) is 59.2 Å². The van der Waals surface area contributed by atoms with Gasteiger partial charge in [-0.15, -0.1) is 0 Å². The molecule has 2 aromatic carbocycles. The SMILES string of the molecule is OCC1Cc2cc3c(cc2C(COCc2ccccc2)N1)OCO3. The summed E-state index contributed by atoms with van der Waals surface area (Å²) in [5.41, 5.74) is 3.50. The summed E-state index contributed by atoms with van der Waals surface area (Å²) in [7, 11) is 0. The fraction of sp³-hybridized carbons (Fsp3) is 0.368. The summed E-state index contributed by atoms with van der Waals surface area (Å²) in [6.45, 7) is 1.48. The van der Waals surface area contributed by atoms with Crippen LogP contribution in [-0.2, 0) is 17.8 Å². The third-order valence-electron chi connectivity index (χ3n) is 4.53. The fourth-order valence-electron chi connectivity index (χ4n) is 3.32. The molecule has 2 aromatic rings. The molecule has 0 aromatic heterocycles. The number of hydrogen-bond donors (Lipinski definition) is 2. The van der Waals surface area contributed by atoms with Crippen LogP contribution < -0.4 is 14.8 Å². The Morgan fingerprint density at radius 3 is 2.71 bits per heavy atom. The highest BCUT2D eigenvalue weighted by Crippen LogP contribution is 2.39. The van der Waals surface area contributed by atoms with E-state index in [0.29, 0.717) is 13.2 Å². The van der Waals surface area contributed by atoms with E-state index in [1.54, 1.807) is 0 Å². The number of fused-ring (bicyclic) bond motifs is 2. The number of benzene rings is 2. The van der Waals surface area contributed by atoms with Gasteiger partial charge in [-0.1, -0.05) is 30.3 Å². The number of nitrogens with one attached hydrogen (secondary N) is 1. The Kier molecular flexibility index (Phi) is 4.38. The van der Waals surface area contributed by atoms with E-state index in [1.165, 1.54) is 5.56 Å². The lowest BCUT2D eigenvalue weighted by atomic mass is 9.90. The average Bonchev–Trinajstić information content (AvgIpc) is 3.08. The Morgan fingerprint density at radius 2 is 1.92 bits per heavy atom. The average molecular weight is 327 g/mol. The third-order valence-corrected chi connectivity index (χ3v) is 4.53. The molecule has 4 rings (SSSR count). The molecule has 5 nitrogen and oxygen atoms in total. The summed E-state index contributed by atoms with van der Waals surface area (Å²) in [5.74, 6) is 1.57. The standard InChI is InChI=1S/C19H21NO4/c21-9-15-6-14-7-18-19(24-12-23-18)8-16(14)17(20-15)11-22-10-13-4-2-1-3-5-13/h1-5,7-8,15,17,20-21H,6,9-12H2. The van der Waals surface area contributed by atoms with Crippen molar-refractivity contribution in [1.29, 1.82) is 0 Å². The van der Waals surface area contributed by atoms with Crippen molar-refractivity contribution < 1.29 is 19.3 Å². The van der Waals surface area contributed by atoms with Gasteiger partial charge in [0.2, 0.25) is 6.79 Å². The van der Waals surface area contributed by atoms with Crippen molar-refractivity contribution in [2.45, 2.75) is 25.1 Å². The molecule has 0 spiro atoms. The van der Waals surface area contributed by atoms with Crippen LogP contribution in [0.15, 0.2) is 42.5 Å². The van der Waals surface area contributed by atoms with Gasteiger partial charge in [0.15, 0.2) is 11.5 Å². The lowest BCUT2D eigenvalue weighted by Crippen LogP contribution is -2.43. The molecule has 0 fully saturated rings. The van der Waals surface area contributed by atoms with Crippen LogP contribution in [0.4, 0.5) is 0 Å². The number of aliphatic hydroxyl groups excluding tert-OH is 1. The van der Waals surface area contributed by atoms with Crippen LogP contribution in [-0.4, -0.2) is 31.2 Å². The molecule has 2 aliphatic heterocycles. The molecule has 0 amide bonds. The first kappa shape index (κ1) is 15.4. The zero-order valence-electron chi connectivity index (χ0n) is 13.4. The van der Waals surface area contributed by atoms with Crippen molar-refractivity contribution in [2.75, 3.05) is 20.0 Å². The van der Waals surface area contributed by atoms with Crippen LogP contribution in [0.2, 0.25) is 0 Å². The van der Waals surface area contributed by atoms with Gasteiger partial charge in [-0.2, -0.15) is 0 Å². The first-order chi connectivity index (χ1) is 11.8. The van der Waals surface area contributed by atoms with Gasteiger partial charge in [0.1, 0.15) is 0 Å². The lowest BCUT2D eigenvalue weighted by molar-refractivity contribution is 0.0872. The predicted molar refractivity (Wildman–Crippen MR) is 89.1 cm³/mol. The van der Waals surface area contributed by atoms with Crippen molar-refractivity contribution in [3.63, 3.8) is 0 Å². The number of rotatable bonds is 5. The summed E-state index contributed by atoms with van der Waals surface area (Å²) in [5, 5.41) is 13.0. The molecular formula is C19H21NO4. The van der Waals surface area contributed by atoms with Gasteiger partial charge in [-0.25, -0.2) is 0 Å². The second-order valence-corrected chi connectivity index (χ2v) is 6.21. The zero-order chi connectivity index (χ0) is 16.4. The molecule has 0 saturated carbocycles. The van der Waals surface area contributed by atoms with E-state index in [-0.39, 0.29) is 25.5 Å². The normalized spacial score (nSPS) is 21.5. The number of hydrogen-bond acceptors (Lipinski definition) is 5. The van der Waals surface area contributed by atoms with E-state index in [4.69, 9.17) is 14.2 Å². The summed E-state index contributed by atoms with van der Waals surface area (Å²) in [4.78, 5) is 0. The molecule has 0 radical (unpaired) electrons. The minimum Gasteiger partial charge on any atom is -0.454 e. The Hall–Kier alpha value is -2.08. The smallest absolute Gasteiger partial charge is 0.231 e. The summed E-state index contributed by atoms with van der Waals surface area (Å²) < 4.78 is 16.9. The van der Waals surface area contributed by atoms with Crippen molar-refractivity contribution in [1.82, 2.24) is 5.32 Å². The molecule has 126 valence electrons. The Morgan fingerprint density at radius 1 is 1.12 bits per heavy atom. The highest BCUT2D eigenvalue weighted by molar-refractivity contribution is 5.51. The van der Waals surface area contributed by atoms with Gasteiger partial charge in [0.05, 0.1) is 25.9 Å². The molecule has 5 heteroatoms. The van der Waals surface area contributed by atoms with Gasteiger partial charge in [-0.3, -0.25) is 0 Å². The second kappa shape index (κ2) is 6.81. The summed E-state index contributed by atoms with van der Waals surface area (Å²) in [6, 6.07) is 14.3. The third kappa shape index (κ3) is 3.11. The first-order valence-electron chi connectivity index (χ1n) is 8.24. The largest absolute Gasteiger partial charge is 0.454 e. The van der Waals surface area contributed by atoms with Crippen LogP contribution >= 0.6 is 0 Å². The number of aliphatic hydroxyl groups is 1. The molecule has 2 N–H and O–H groups in total. The van der Waals surface area contributed by atoms with E-state index in [2.05, 4.69) is 17.4 Å². The van der Waals surface area contributed by atoms with Crippen molar-refractivity contribution >= 4 is 0 Å². The van der Waals surface area contributed by atoms with Crippen molar-refractivity contribution in [2.24, 2.45) is 0 Å². The predicted octanol–water partition coefficient (Wildman–Crippen LogP) is 2.18. The van der Waals surface area contributed by atoms with Crippen LogP contribution in [0.3, 0.4) is 0 Å². The van der Waals surface area contributed by atoms with E-state index in [1.807, 2.05) is 30.3 Å². The highest BCUT2D eigenvalue weighted by atomic mass is 16.7. The summed E-state index contributed by atoms with van der Waals surface area (Å²) in [6.07, 6.45) is 0.775. The Balaban J connectivity index is 1.50. The van der Waals surface area contributed by atoms with E-state index in [9.17, 15) is 5.11 Å². The molecule has 24 heavy (non-hydrogen) atoms. The molecule has 0 aliphatic carbocycles. The Bertz CT molecular complexity index is 704. The zero-order valence-corrected chi connectivity index (χ0v) is 13.4. The van der Waals surface area contributed by atoms with Crippen LogP contribution in [0.5, 0.6) is 11.5 Å². The first-order valence-corrected chi connectivity index (χ1v) is 8.24. The van der Waals surface area contributed by atoms with Gasteiger partial charge in [0, 0.05) is 6.04 Å². The summed E-state index contributed by atoms with van der Waals surface area (Å²) >= 11 is 0. The quantitative estimate of drug-likeness (QED) is 0.881. The minimum atomic E-state index is 0.0307. The van der Waals surface area contributed by atoms with E-state index in [0.717, 1.165) is 29.0 Å². The maximum absolute atomic E-state index is 9.57. The molecule has 2 unspecified atom stereocenters. The molecule has 0 saturated heterocycles. The van der Waals surface area contributed by atoms with Crippen LogP contribution in [0.1, 0.15) is 22.7 Å². The second-order valence-electron chi connectivity index (χ2n) is 6.21. The van der Waals surface area contributed by atoms with Crippen molar-refractivity contribution in [3.8, 4) is 11.5 Å².